The average Bonchev–Trinajstić information content (AvgIpc) is 3.05. The molecule has 0 bridgehead atoms. The molecule has 3 atom stereocenters. The molecule has 5 nitrogen and oxygen atoms in total. The monoisotopic (exact) mass is 493 g/mol. The van der Waals surface area contributed by atoms with Crippen molar-refractivity contribution >= 4 is 41.5 Å². The highest BCUT2D eigenvalue weighted by atomic mass is 127. The topological polar surface area (TPSA) is 54.9 Å². The Balaban J connectivity index is 0.00000243. The summed E-state index contributed by atoms with van der Waals surface area (Å²) in [5.74, 6) is 2.17. The van der Waals surface area contributed by atoms with Crippen LogP contribution in [0.2, 0.25) is 5.02 Å². The van der Waals surface area contributed by atoms with Gasteiger partial charge in [-0.25, -0.2) is 4.99 Å². The van der Waals surface area contributed by atoms with E-state index in [1.165, 1.54) is 0 Å². The Morgan fingerprint density at radius 1 is 1.42 bits per heavy atom. The van der Waals surface area contributed by atoms with Gasteiger partial charge in [0.1, 0.15) is 5.75 Å². The van der Waals surface area contributed by atoms with Crippen molar-refractivity contribution in [2.24, 2.45) is 16.3 Å². The van der Waals surface area contributed by atoms with Gasteiger partial charge in [-0.2, -0.15) is 0 Å². The van der Waals surface area contributed by atoms with E-state index in [1.807, 2.05) is 18.2 Å². The molecule has 7 heteroatoms. The first kappa shape index (κ1) is 21.6. The number of nitrogens with one attached hydrogen (secondary N) is 2. The molecule has 1 saturated carbocycles. The smallest absolute Gasteiger partial charge is 0.191 e. The molecule has 1 aliphatic heterocycles. The van der Waals surface area contributed by atoms with E-state index in [4.69, 9.17) is 26.1 Å². The summed E-state index contributed by atoms with van der Waals surface area (Å²) in [6.45, 7) is 8.83. The molecule has 1 aromatic rings. The van der Waals surface area contributed by atoms with Crippen LogP contribution < -0.4 is 15.4 Å². The van der Waals surface area contributed by atoms with Crippen molar-refractivity contribution in [3.05, 3.63) is 28.8 Å². The number of halogens is 2. The summed E-state index contributed by atoms with van der Waals surface area (Å²) in [7, 11) is 1.65. The van der Waals surface area contributed by atoms with Crippen LogP contribution in [0.4, 0.5) is 0 Å². The number of guanidine groups is 1. The number of fused-ring (bicyclic) bond motifs is 1. The summed E-state index contributed by atoms with van der Waals surface area (Å²) in [5, 5.41) is 7.64. The van der Waals surface area contributed by atoms with Gasteiger partial charge >= 0.3 is 0 Å². The molecule has 1 saturated heterocycles. The lowest BCUT2D eigenvalue weighted by atomic mass is 9.57. The molecule has 2 aliphatic rings. The van der Waals surface area contributed by atoms with Crippen molar-refractivity contribution in [2.45, 2.75) is 45.9 Å². The molecule has 0 aromatic heterocycles. The lowest BCUT2D eigenvalue weighted by Gasteiger charge is -2.54. The number of methoxy groups -OCH3 is 1. The standard InChI is InChI=1S/C19H28ClN3O2.HI/c1-5-21-18(22-11-12-6-7-13(20)10-15(12)24-4)23-16-14-8-9-25-17(14)19(16,2)3;/h6-7,10,14,16-17H,5,8-9,11H2,1-4H3,(H2,21,22,23);1H. The Kier molecular flexibility index (Phi) is 7.44. The molecule has 0 spiro atoms. The van der Waals surface area contributed by atoms with E-state index in [0.29, 0.717) is 29.6 Å². The molecule has 0 radical (unpaired) electrons. The second kappa shape index (κ2) is 8.97. The van der Waals surface area contributed by atoms with E-state index in [9.17, 15) is 0 Å². The van der Waals surface area contributed by atoms with Crippen molar-refractivity contribution in [1.29, 1.82) is 0 Å². The first-order chi connectivity index (χ1) is 12.0. The first-order valence-corrected chi connectivity index (χ1v) is 9.34. The molecule has 2 N–H and O–H groups in total. The van der Waals surface area contributed by atoms with Gasteiger partial charge in [0.2, 0.25) is 0 Å². The van der Waals surface area contributed by atoms with Gasteiger partial charge in [0.15, 0.2) is 5.96 Å². The highest BCUT2D eigenvalue weighted by molar-refractivity contribution is 14.0. The van der Waals surface area contributed by atoms with Gasteiger partial charge in [0.25, 0.3) is 0 Å². The maximum atomic E-state index is 6.03. The van der Waals surface area contributed by atoms with E-state index < -0.39 is 0 Å². The average molecular weight is 494 g/mol. The minimum atomic E-state index is 0. The molecule has 3 unspecified atom stereocenters. The Morgan fingerprint density at radius 2 is 2.19 bits per heavy atom. The number of aliphatic imine (C=N–C) groups is 1. The molecule has 26 heavy (non-hydrogen) atoms. The first-order valence-electron chi connectivity index (χ1n) is 8.96. The van der Waals surface area contributed by atoms with Gasteiger partial charge in [-0.1, -0.05) is 31.5 Å². The van der Waals surface area contributed by atoms with Crippen LogP contribution in [0.3, 0.4) is 0 Å². The van der Waals surface area contributed by atoms with Crippen LogP contribution >= 0.6 is 35.6 Å². The Labute approximate surface area is 178 Å². The molecule has 2 fully saturated rings. The maximum Gasteiger partial charge on any atom is 0.191 e. The summed E-state index contributed by atoms with van der Waals surface area (Å²) in [6.07, 6.45) is 1.49. The summed E-state index contributed by atoms with van der Waals surface area (Å²) >= 11 is 6.03. The van der Waals surface area contributed by atoms with Crippen LogP contribution in [0.25, 0.3) is 0 Å². The predicted molar refractivity (Wildman–Crippen MR) is 117 cm³/mol. The lowest BCUT2D eigenvalue weighted by Crippen LogP contribution is -2.67. The molecule has 1 aromatic carbocycles. The molecular formula is C19H29ClIN3O2. The zero-order valence-corrected chi connectivity index (χ0v) is 18.9. The van der Waals surface area contributed by atoms with Crippen molar-refractivity contribution in [1.82, 2.24) is 10.6 Å². The van der Waals surface area contributed by atoms with Gasteiger partial charge in [-0.15, -0.1) is 24.0 Å². The third kappa shape index (κ3) is 4.22. The van der Waals surface area contributed by atoms with E-state index in [2.05, 4.69) is 31.4 Å². The molecule has 146 valence electrons. The normalized spacial score (nSPS) is 26.3. The number of hydrogen-bond donors (Lipinski definition) is 2. The number of ether oxygens (including phenoxy) is 2. The van der Waals surface area contributed by atoms with Crippen LogP contribution in [0.15, 0.2) is 23.2 Å². The van der Waals surface area contributed by atoms with Gasteiger partial charge < -0.3 is 20.1 Å². The summed E-state index contributed by atoms with van der Waals surface area (Å²) in [6, 6.07) is 6.03. The van der Waals surface area contributed by atoms with Gasteiger partial charge in [-0.3, -0.25) is 0 Å². The molecule has 1 heterocycles. The van der Waals surface area contributed by atoms with Crippen LogP contribution in [0, 0.1) is 11.3 Å². The van der Waals surface area contributed by atoms with Crippen molar-refractivity contribution < 1.29 is 9.47 Å². The Morgan fingerprint density at radius 3 is 2.88 bits per heavy atom. The fraction of sp³-hybridized carbons (Fsp3) is 0.632. The van der Waals surface area contributed by atoms with E-state index in [1.54, 1.807) is 7.11 Å². The quantitative estimate of drug-likeness (QED) is 0.372. The van der Waals surface area contributed by atoms with E-state index in [-0.39, 0.29) is 29.4 Å². The molecule has 0 amide bonds. The van der Waals surface area contributed by atoms with Gasteiger partial charge in [0.05, 0.1) is 19.8 Å². The van der Waals surface area contributed by atoms with E-state index >= 15 is 0 Å². The highest BCUT2D eigenvalue weighted by Gasteiger charge is 2.59. The van der Waals surface area contributed by atoms with Crippen molar-refractivity contribution in [3.8, 4) is 5.75 Å². The Hall–Kier alpha value is -0.730. The predicted octanol–water partition coefficient (Wildman–Crippen LogP) is 3.84. The Bertz CT molecular complexity index is 654. The second-order valence-electron chi connectivity index (χ2n) is 7.34. The molecule has 1 aliphatic carbocycles. The van der Waals surface area contributed by atoms with Crippen LogP contribution in [0.5, 0.6) is 5.75 Å². The third-order valence-corrected chi connectivity index (χ3v) is 5.63. The molecular weight excluding hydrogens is 465 g/mol. The zero-order chi connectivity index (χ0) is 18.0. The lowest BCUT2D eigenvalue weighted by molar-refractivity contribution is -0.106. The van der Waals surface area contributed by atoms with Crippen LogP contribution in [-0.2, 0) is 11.3 Å². The van der Waals surface area contributed by atoms with E-state index in [0.717, 1.165) is 36.8 Å². The van der Waals surface area contributed by atoms with Gasteiger partial charge in [-0.05, 0) is 25.5 Å². The minimum Gasteiger partial charge on any atom is -0.496 e. The summed E-state index contributed by atoms with van der Waals surface area (Å²) < 4.78 is 11.3. The summed E-state index contributed by atoms with van der Waals surface area (Å²) in [5.41, 5.74) is 1.13. The summed E-state index contributed by atoms with van der Waals surface area (Å²) in [4.78, 5) is 4.75. The number of rotatable bonds is 5. The largest absolute Gasteiger partial charge is 0.496 e. The number of nitrogens with zero attached hydrogens (tertiary/aromatic N) is 1. The number of benzene rings is 1. The van der Waals surface area contributed by atoms with Crippen molar-refractivity contribution in [3.63, 3.8) is 0 Å². The maximum absolute atomic E-state index is 6.03. The SMILES string of the molecule is CCNC(=NCc1ccc(Cl)cc1OC)NC1C2CCOC2C1(C)C.I. The molecule has 3 rings (SSSR count). The van der Waals surface area contributed by atoms with Crippen molar-refractivity contribution in [2.75, 3.05) is 20.3 Å². The third-order valence-electron chi connectivity index (χ3n) is 5.39. The van der Waals surface area contributed by atoms with Crippen LogP contribution in [0.1, 0.15) is 32.8 Å². The van der Waals surface area contributed by atoms with Gasteiger partial charge in [0, 0.05) is 41.1 Å². The highest BCUT2D eigenvalue weighted by Crippen LogP contribution is 2.52. The van der Waals surface area contributed by atoms with Crippen LogP contribution in [-0.4, -0.2) is 38.4 Å². The number of hydrogen-bond acceptors (Lipinski definition) is 3. The zero-order valence-electron chi connectivity index (χ0n) is 15.8. The minimum absolute atomic E-state index is 0. The fourth-order valence-electron chi connectivity index (χ4n) is 4.10. The second-order valence-corrected chi connectivity index (χ2v) is 7.78. The fourth-order valence-corrected chi connectivity index (χ4v) is 4.26.